The first-order valence-corrected chi connectivity index (χ1v) is 11.5. The smallest absolute Gasteiger partial charge is 0.236 e. The van der Waals surface area contributed by atoms with Gasteiger partial charge in [0.15, 0.2) is 5.13 Å². The summed E-state index contributed by atoms with van der Waals surface area (Å²) in [6.45, 7) is 0.735. The van der Waals surface area contributed by atoms with E-state index in [0.717, 1.165) is 42.9 Å². The average Bonchev–Trinajstić information content (AvgIpc) is 3.53. The van der Waals surface area contributed by atoms with Crippen molar-refractivity contribution in [2.75, 3.05) is 17.7 Å². The van der Waals surface area contributed by atoms with Gasteiger partial charge in [-0.1, -0.05) is 24.6 Å². The number of rotatable bonds is 6. The number of aromatic nitrogens is 5. The Morgan fingerprint density at radius 2 is 2.24 bits per heavy atom. The second kappa shape index (κ2) is 8.11. The number of carbonyl (C=O) groups excluding carboxylic acids is 1. The summed E-state index contributed by atoms with van der Waals surface area (Å²) >= 11 is 2.79. The van der Waals surface area contributed by atoms with E-state index in [2.05, 4.69) is 31.9 Å². The number of benzene rings is 1. The molecule has 10 heteroatoms. The molecule has 1 N–H and O–H groups in total. The van der Waals surface area contributed by atoms with Gasteiger partial charge in [0, 0.05) is 17.4 Å². The predicted octanol–water partition coefficient (Wildman–Crippen LogP) is 3.58. The zero-order valence-electron chi connectivity index (χ0n) is 15.7. The van der Waals surface area contributed by atoms with Crippen molar-refractivity contribution in [1.29, 1.82) is 0 Å². The van der Waals surface area contributed by atoms with Gasteiger partial charge in [-0.05, 0) is 47.0 Å². The van der Waals surface area contributed by atoms with Gasteiger partial charge < -0.3 is 10.1 Å². The molecule has 1 aliphatic carbocycles. The molecule has 0 spiro atoms. The van der Waals surface area contributed by atoms with Crippen LogP contribution in [0.1, 0.15) is 37.3 Å². The zero-order chi connectivity index (χ0) is 19.6. The molecule has 0 bridgehead atoms. The molecule has 0 atom stereocenters. The molecule has 5 rings (SSSR count). The third-order valence-electron chi connectivity index (χ3n) is 5.20. The van der Waals surface area contributed by atoms with Crippen molar-refractivity contribution in [3.63, 3.8) is 0 Å². The molecule has 3 aromatic rings. The quantitative estimate of drug-likeness (QED) is 0.600. The highest BCUT2D eigenvalue weighted by molar-refractivity contribution is 7.99. The summed E-state index contributed by atoms with van der Waals surface area (Å²) in [7, 11) is 0. The summed E-state index contributed by atoms with van der Waals surface area (Å²) in [6.07, 6.45) is 5.54. The van der Waals surface area contributed by atoms with Gasteiger partial charge in [-0.2, -0.15) is 0 Å². The number of nitrogens with one attached hydrogen (secondary N) is 1. The Morgan fingerprint density at radius 3 is 3.14 bits per heavy atom. The molecule has 150 valence electrons. The third kappa shape index (κ3) is 3.99. The van der Waals surface area contributed by atoms with Crippen molar-refractivity contribution in [1.82, 2.24) is 25.2 Å². The number of fused-ring (bicyclic) bond motifs is 1. The van der Waals surface area contributed by atoms with Crippen LogP contribution in [-0.4, -0.2) is 43.5 Å². The first-order chi connectivity index (χ1) is 14.3. The van der Waals surface area contributed by atoms with Crippen LogP contribution in [0, 0.1) is 0 Å². The maximum absolute atomic E-state index is 12.4. The second-order valence-corrected chi connectivity index (χ2v) is 8.94. The Balaban J connectivity index is 1.19. The third-order valence-corrected chi connectivity index (χ3v) is 6.89. The van der Waals surface area contributed by atoms with Gasteiger partial charge in [0.05, 0.1) is 24.1 Å². The van der Waals surface area contributed by atoms with Crippen molar-refractivity contribution in [3.05, 3.63) is 29.1 Å². The van der Waals surface area contributed by atoms with E-state index in [1.54, 1.807) is 0 Å². The summed E-state index contributed by atoms with van der Waals surface area (Å²) in [5.41, 5.74) is 3.10. The lowest BCUT2D eigenvalue weighted by Gasteiger charge is -2.10. The van der Waals surface area contributed by atoms with Gasteiger partial charge in [-0.25, -0.2) is 9.67 Å². The van der Waals surface area contributed by atoms with Crippen molar-refractivity contribution < 1.29 is 9.53 Å². The van der Waals surface area contributed by atoms with Crippen LogP contribution < -0.4 is 10.1 Å². The van der Waals surface area contributed by atoms with Gasteiger partial charge in [-0.3, -0.25) is 4.79 Å². The maximum atomic E-state index is 12.4. The van der Waals surface area contributed by atoms with Gasteiger partial charge in [0.1, 0.15) is 5.75 Å². The van der Waals surface area contributed by atoms with Gasteiger partial charge >= 0.3 is 0 Å². The number of tetrazole rings is 1. The number of thioether (sulfide) groups is 1. The first-order valence-electron chi connectivity index (χ1n) is 9.68. The summed E-state index contributed by atoms with van der Waals surface area (Å²) in [5.74, 6) is 1.09. The van der Waals surface area contributed by atoms with Gasteiger partial charge in [-0.15, -0.1) is 16.4 Å². The van der Waals surface area contributed by atoms with Crippen LogP contribution in [0.2, 0.25) is 0 Å². The highest BCUT2D eigenvalue weighted by Gasteiger charge is 2.22. The Labute approximate surface area is 176 Å². The van der Waals surface area contributed by atoms with E-state index in [9.17, 15) is 4.79 Å². The van der Waals surface area contributed by atoms with Crippen LogP contribution in [0.15, 0.2) is 28.7 Å². The number of anilines is 1. The zero-order valence-corrected chi connectivity index (χ0v) is 17.3. The molecule has 3 heterocycles. The van der Waals surface area contributed by atoms with Crippen LogP contribution in [0.4, 0.5) is 5.13 Å². The lowest BCUT2D eigenvalue weighted by molar-refractivity contribution is -0.113. The van der Waals surface area contributed by atoms with E-state index in [0.29, 0.717) is 16.3 Å². The molecule has 0 unspecified atom stereocenters. The van der Waals surface area contributed by atoms with E-state index in [1.165, 1.54) is 41.5 Å². The minimum Gasteiger partial charge on any atom is -0.493 e. The molecule has 2 aliphatic rings. The summed E-state index contributed by atoms with van der Waals surface area (Å²) in [6, 6.07) is 6.46. The number of ether oxygens (including phenoxy) is 1. The fourth-order valence-electron chi connectivity index (χ4n) is 3.75. The first kappa shape index (κ1) is 18.6. The fraction of sp³-hybridized carbons (Fsp3) is 0.421. The average molecular weight is 429 g/mol. The molecule has 0 saturated heterocycles. The highest BCUT2D eigenvalue weighted by atomic mass is 32.2. The molecule has 1 aromatic carbocycles. The van der Waals surface area contributed by atoms with E-state index >= 15 is 0 Å². The standard InChI is InChI=1S/C19H20N6O2S2/c26-17(11-29-19-22-23-24-25(19)14-3-1-2-4-14)21-18-20-15(10-28-18)12-5-6-16-13(9-12)7-8-27-16/h5-6,9-10,14H,1-4,7-8,11H2,(H,20,21,26). The van der Waals surface area contributed by atoms with Crippen LogP contribution in [0.3, 0.4) is 0 Å². The van der Waals surface area contributed by atoms with Crippen molar-refractivity contribution in [2.24, 2.45) is 0 Å². The molecule has 0 radical (unpaired) electrons. The minimum absolute atomic E-state index is 0.112. The molecular weight excluding hydrogens is 408 g/mol. The monoisotopic (exact) mass is 428 g/mol. The number of hydrogen-bond donors (Lipinski definition) is 1. The normalized spacial score (nSPS) is 16.0. The molecule has 1 saturated carbocycles. The number of hydrogen-bond acceptors (Lipinski definition) is 8. The maximum Gasteiger partial charge on any atom is 0.236 e. The minimum atomic E-state index is -0.112. The number of amides is 1. The van der Waals surface area contributed by atoms with Gasteiger partial charge in [0.25, 0.3) is 0 Å². The summed E-state index contributed by atoms with van der Waals surface area (Å²) in [4.78, 5) is 16.9. The molecule has 29 heavy (non-hydrogen) atoms. The lowest BCUT2D eigenvalue weighted by atomic mass is 10.1. The highest BCUT2D eigenvalue weighted by Crippen LogP contribution is 2.33. The van der Waals surface area contributed by atoms with E-state index in [1.807, 2.05) is 22.2 Å². The SMILES string of the molecule is O=C(CSc1nnnn1C1CCCC1)Nc1nc(-c2ccc3c(c2)CCO3)cs1. The summed E-state index contributed by atoms with van der Waals surface area (Å²) in [5, 5.41) is 18.1. The van der Waals surface area contributed by atoms with Crippen molar-refractivity contribution in [3.8, 4) is 17.0 Å². The Bertz CT molecular complexity index is 1030. The largest absolute Gasteiger partial charge is 0.493 e. The molecular formula is C19H20N6O2S2. The predicted molar refractivity (Wildman–Crippen MR) is 111 cm³/mol. The molecule has 1 amide bonds. The van der Waals surface area contributed by atoms with Crippen LogP contribution in [0.5, 0.6) is 5.75 Å². The lowest BCUT2D eigenvalue weighted by Crippen LogP contribution is -2.15. The number of carbonyl (C=O) groups is 1. The summed E-state index contributed by atoms with van der Waals surface area (Å²) < 4.78 is 7.42. The van der Waals surface area contributed by atoms with E-state index in [4.69, 9.17) is 4.74 Å². The second-order valence-electron chi connectivity index (χ2n) is 7.14. The molecule has 1 aliphatic heterocycles. The Morgan fingerprint density at radius 1 is 1.34 bits per heavy atom. The van der Waals surface area contributed by atoms with E-state index < -0.39 is 0 Å². The van der Waals surface area contributed by atoms with E-state index in [-0.39, 0.29) is 11.7 Å². The number of thiazole rings is 1. The van der Waals surface area contributed by atoms with Crippen molar-refractivity contribution >= 4 is 34.1 Å². The molecule has 8 nitrogen and oxygen atoms in total. The molecule has 2 aromatic heterocycles. The topological polar surface area (TPSA) is 94.8 Å². The molecule has 1 fully saturated rings. The van der Waals surface area contributed by atoms with Crippen LogP contribution in [0.25, 0.3) is 11.3 Å². The fourth-order valence-corrected chi connectivity index (χ4v) is 5.23. The van der Waals surface area contributed by atoms with Crippen molar-refractivity contribution in [2.45, 2.75) is 43.3 Å². The van der Waals surface area contributed by atoms with Crippen LogP contribution in [-0.2, 0) is 11.2 Å². The Kier molecular flexibility index (Phi) is 5.19. The Hall–Kier alpha value is -2.46. The van der Waals surface area contributed by atoms with Crippen LogP contribution >= 0.6 is 23.1 Å². The number of nitrogens with zero attached hydrogens (tertiary/aromatic N) is 5. The van der Waals surface area contributed by atoms with Gasteiger partial charge in [0.2, 0.25) is 11.1 Å².